The van der Waals surface area contributed by atoms with Crippen LogP contribution in [0.1, 0.15) is 31.0 Å². The molecule has 2 unspecified atom stereocenters. The van der Waals surface area contributed by atoms with Gasteiger partial charge in [-0.15, -0.1) is 0 Å². The van der Waals surface area contributed by atoms with Crippen LogP contribution >= 0.6 is 0 Å². The zero-order chi connectivity index (χ0) is 14.5. The summed E-state index contributed by atoms with van der Waals surface area (Å²) in [4.78, 5) is 2.42. The van der Waals surface area contributed by atoms with Gasteiger partial charge in [-0.05, 0) is 26.8 Å². The molecular formula is C16H26N2O2. The van der Waals surface area contributed by atoms with Crippen LogP contribution in [0.3, 0.4) is 0 Å². The van der Waals surface area contributed by atoms with E-state index >= 15 is 0 Å². The molecule has 0 aliphatic carbocycles. The standard InChI is InChI=1S/C16H26N2O2/c1-12-4-5-16(19)15(10-12)14(3)17-13(2)11-18-6-8-20-9-7-18/h4-5,10,13-14,17,19H,6-9,11H2,1-3H3. The number of hydrogen-bond acceptors (Lipinski definition) is 4. The van der Waals surface area contributed by atoms with Gasteiger partial charge in [0.05, 0.1) is 13.2 Å². The van der Waals surface area contributed by atoms with Crippen LogP contribution in [-0.4, -0.2) is 48.9 Å². The molecule has 4 heteroatoms. The number of benzene rings is 1. The van der Waals surface area contributed by atoms with Crippen LogP contribution in [0, 0.1) is 6.92 Å². The number of phenols is 1. The van der Waals surface area contributed by atoms with Gasteiger partial charge in [-0.3, -0.25) is 4.90 Å². The van der Waals surface area contributed by atoms with E-state index in [4.69, 9.17) is 4.74 Å². The molecule has 1 aliphatic rings. The first-order valence-electron chi connectivity index (χ1n) is 7.42. The lowest BCUT2D eigenvalue weighted by Gasteiger charge is -2.31. The summed E-state index contributed by atoms with van der Waals surface area (Å²) in [6, 6.07) is 6.28. The van der Waals surface area contributed by atoms with E-state index in [-0.39, 0.29) is 6.04 Å². The number of nitrogens with zero attached hydrogens (tertiary/aromatic N) is 1. The number of hydrogen-bond donors (Lipinski definition) is 2. The zero-order valence-electron chi connectivity index (χ0n) is 12.7. The third kappa shape index (κ3) is 4.20. The lowest BCUT2D eigenvalue weighted by atomic mass is 10.0. The topological polar surface area (TPSA) is 44.7 Å². The summed E-state index contributed by atoms with van der Waals surface area (Å²) in [6.07, 6.45) is 0. The Morgan fingerprint density at radius 2 is 2.00 bits per heavy atom. The fourth-order valence-electron chi connectivity index (χ4n) is 2.76. The second kappa shape index (κ2) is 7.07. The number of ether oxygens (including phenoxy) is 1. The van der Waals surface area contributed by atoms with Crippen molar-refractivity contribution in [3.05, 3.63) is 29.3 Å². The van der Waals surface area contributed by atoms with E-state index in [1.807, 2.05) is 13.0 Å². The molecule has 0 saturated carbocycles. The largest absolute Gasteiger partial charge is 0.508 e. The van der Waals surface area contributed by atoms with Gasteiger partial charge in [-0.1, -0.05) is 17.7 Å². The van der Waals surface area contributed by atoms with Crippen molar-refractivity contribution in [3.8, 4) is 5.75 Å². The third-order valence-corrected chi connectivity index (χ3v) is 3.82. The van der Waals surface area contributed by atoms with Gasteiger partial charge < -0.3 is 15.2 Å². The average Bonchev–Trinajstić information content (AvgIpc) is 2.42. The number of aryl methyl sites for hydroxylation is 1. The van der Waals surface area contributed by atoms with Gasteiger partial charge in [0.15, 0.2) is 0 Å². The molecule has 0 radical (unpaired) electrons. The predicted molar refractivity (Wildman–Crippen MR) is 81.1 cm³/mol. The maximum absolute atomic E-state index is 9.97. The van der Waals surface area contributed by atoms with E-state index in [1.54, 1.807) is 6.07 Å². The summed E-state index contributed by atoms with van der Waals surface area (Å²) in [6.45, 7) is 11.0. The molecule has 0 amide bonds. The Bertz CT molecular complexity index is 430. The summed E-state index contributed by atoms with van der Waals surface area (Å²) in [5.74, 6) is 0.370. The first-order valence-corrected chi connectivity index (χ1v) is 7.42. The van der Waals surface area contributed by atoms with Crippen LogP contribution in [0.4, 0.5) is 0 Å². The second-order valence-electron chi connectivity index (χ2n) is 5.76. The van der Waals surface area contributed by atoms with Gasteiger partial charge in [-0.25, -0.2) is 0 Å². The minimum Gasteiger partial charge on any atom is -0.508 e. The molecule has 20 heavy (non-hydrogen) atoms. The monoisotopic (exact) mass is 278 g/mol. The maximum atomic E-state index is 9.97. The van der Waals surface area contributed by atoms with E-state index in [0.29, 0.717) is 11.8 Å². The van der Waals surface area contributed by atoms with Gasteiger partial charge in [0.25, 0.3) is 0 Å². The smallest absolute Gasteiger partial charge is 0.120 e. The minimum absolute atomic E-state index is 0.144. The summed E-state index contributed by atoms with van der Waals surface area (Å²) in [7, 11) is 0. The second-order valence-corrected chi connectivity index (χ2v) is 5.76. The molecule has 0 spiro atoms. The van der Waals surface area contributed by atoms with E-state index in [0.717, 1.165) is 38.4 Å². The van der Waals surface area contributed by atoms with E-state index in [2.05, 4.69) is 30.1 Å². The first kappa shape index (κ1) is 15.3. The molecule has 1 fully saturated rings. The summed E-state index contributed by atoms with van der Waals surface area (Å²) in [5.41, 5.74) is 2.14. The minimum atomic E-state index is 0.144. The van der Waals surface area contributed by atoms with Gasteiger partial charge in [0.1, 0.15) is 5.75 Å². The lowest BCUT2D eigenvalue weighted by molar-refractivity contribution is 0.0339. The fourth-order valence-corrected chi connectivity index (χ4v) is 2.76. The summed E-state index contributed by atoms with van der Waals surface area (Å²) >= 11 is 0. The molecule has 2 N–H and O–H groups in total. The van der Waals surface area contributed by atoms with Crippen molar-refractivity contribution in [2.75, 3.05) is 32.8 Å². The third-order valence-electron chi connectivity index (χ3n) is 3.82. The van der Waals surface area contributed by atoms with Crippen LogP contribution in [0.2, 0.25) is 0 Å². The normalized spacial score (nSPS) is 19.8. The number of morpholine rings is 1. The molecule has 0 bridgehead atoms. The fraction of sp³-hybridized carbons (Fsp3) is 0.625. The van der Waals surface area contributed by atoms with Crippen LogP contribution in [0.5, 0.6) is 5.75 Å². The maximum Gasteiger partial charge on any atom is 0.120 e. The molecular weight excluding hydrogens is 252 g/mol. The SMILES string of the molecule is Cc1ccc(O)c(C(C)NC(C)CN2CCOCC2)c1. The molecule has 1 aromatic rings. The number of aromatic hydroxyl groups is 1. The highest BCUT2D eigenvalue weighted by atomic mass is 16.5. The molecule has 1 aromatic carbocycles. The van der Waals surface area contributed by atoms with Crippen molar-refractivity contribution in [1.82, 2.24) is 10.2 Å². The molecule has 0 aromatic heterocycles. The van der Waals surface area contributed by atoms with E-state index in [1.165, 1.54) is 5.56 Å². The molecule has 1 saturated heterocycles. The van der Waals surface area contributed by atoms with E-state index < -0.39 is 0 Å². The first-order chi connectivity index (χ1) is 9.56. The van der Waals surface area contributed by atoms with Crippen molar-refractivity contribution in [3.63, 3.8) is 0 Å². The number of nitrogens with one attached hydrogen (secondary N) is 1. The Labute approximate surface area is 121 Å². The van der Waals surface area contributed by atoms with Crippen LogP contribution in [-0.2, 0) is 4.74 Å². The number of rotatable bonds is 5. The summed E-state index contributed by atoms with van der Waals surface area (Å²) < 4.78 is 5.37. The number of phenolic OH excluding ortho intramolecular Hbond substituents is 1. The lowest BCUT2D eigenvalue weighted by Crippen LogP contribution is -2.44. The molecule has 2 atom stereocenters. The molecule has 1 aliphatic heterocycles. The van der Waals surface area contributed by atoms with Crippen molar-refractivity contribution >= 4 is 0 Å². The Balaban J connectivity index is 1.89. The zero-order valence-corrected chi connectivity index (χ0v) is 12.7. The van der Waals surface area contributed by atoms with Crippen LogP contribution < -0.4 is 5.32 Å². The highest BCUT2D eigenvalue weighted by Gasteiger charge is 2.17. The Morgan fingerprint density at radius 3 is 2.70 bits per heavy atom. The van der Waals surface area contributed by atoms with Crippen molar-refractivity contribution < 1.29 is 9.84 Å². The van der Waals surface area contributed by atoms with Crippen molar-refractivity contribution in [2.24, 2.45) is 0 Å². The highest BCUT2D eigenvalue weighted by molar-refractivity contribution is 5.37. The molecule has 112 valence electrons. The van der Waals surface area contributed by atoms with Gasteiger partial charge >= 0.3 is 0 Å². The average molecular weight is 278 g/mol. The molecule has 1 heterocycles. The predicted octanol–water partition coefficient (Wildman–Crippen LogP) is 2.07. The van der Waals surface area contributed by atoms with Crippen LogP contribution in [0.15, 0.2) is 18.2 Å². The highest BCUT2D eigenvalue weighted by Crippen LogP contribution is 2.25. The van der Waals surface area contributed by atoms with Crippen molar-refractivity contribution in [1.29, 1.82) is 0 Å². The Kier molecular flexibility index (Phi) is 5.40. The van der Waals surface area contributed by atoms with Crippen LogP contribution in [0.25, 0.3) is 0 Å². The van der Waals surface area contributed by atoms with Gasteiger partial charge in [-0.2, -0.15) is 0 Å². The quantitative estimate of drug-likeness (QED) is 0.865. The Morgan fingerprint density at radius 1 is 1.30 bits per heavy atom. The van der Waals surface area contributed by atoms with E-state index in [9.17, 15) is 5.11 Å². The molecule has 2 rings (SSSR count). The molecule has 4 nitrogen and oxygen atoms in total. The van der Waals surface area contributed by atoms with Gasteiger partial charge in [0, 0.05) is 37.3 Å². The Hall–Kier alpha value is -1.10. The summed E-state index contributed by atoms with van der Waals surface area (Å²) in [5, 5.41) is 13.5. The van der Waals surface area contributed by atoms with Gasteiger partial charge in [0.2, 0.25) is 0 Å². The van der Waals surface area contributed by atoms with Crippen molar-refractivity contribution in [2.45, 2.75) is 32.9 Å².